The van der Waals surface area contributed by atoms with Gasteiger partial charge in [-0.15, -0.1) is 0 Å². The number of rotatable bonds is 4. The minimum atomic E-state index is 0.486. The Balaban J connectivity index is 1.36. The van der Waals surface area contributed by atoms with E-state index in [2.05, 4.69) is 25.3 Å². The second-order valence-electron chi connectivity index (χ2n) is 6.70. The van der Waals surface area contributed by atoms with E-state index in [4.69, 9.17) is 4.74 Å². The number of ether oxygens (including phenoxy) is 1. The third kappa shape index (κ3) is 3.30. The van der Waals surface area contributed by atoms with Crippen molar-refractivity contribution >= 4 is 11.6 Å². The van der Waals surface area contributed by atoms with E-state index < -0.39 is 0 Å². The van der Waals surface area contributed by atoms with Crippen molar-refractivity contribution in [1.29, 1.82) is 0 Å². The van der Waals surface area contributed by atoms with Crippen molar-refractivity contribution in [2.24, 2.45) is 5.92 Å². The number of anilines is 1. The number of nitrogens with zero attached hydrogens (tertiary/aromatic N) is 5. The summed E-state index contributed by atoms with van der Waals surface area (Å²) in [6.07, 6.45) is 5.09. The molecule has 0 aromatic carbocycles. The molecule has 0 spiro atoms. The summed E-state index contributed by atoms with van der Waals surface area (Å²) in [5.74, 6) is 2.39. The molecular formula is C16H24N6O. The van der Waals surface area contributed by atoms with E-state index in [1.54, 1.807) is 10.8 Å². The molecule has 2 aliphatic rings. The van der Waals surface area contributed by atoms with Crippen LogP contribution in [0.5, 0.6) is 0 Å². The summed E-state index contributed by atoms with van der Waals surface area (Å²) in [6.45, 7) is 7.37. The SMILES string of the molecule is Cc1cc(NC2CCN(CC3CCOC3)CC2)n2ncnc2n1. The van der Waals surface area contributed by atoms with Gasteiger partial charge in [0.15, 0.2) is 0 Å². The van der Waals surface area contributed by atoms with Gasteiger partial charge in [-0.2, -0.15) is 14.6 Å². The van der Waals surface area contributed by atoms with Gasteiger partial charge < -0.3 is 15.0 Å². The topological polar surface area (TPSA) is 67.6 Å². The van der Waals surface area contributed by atoms with Crippen molar-refractivity contribution in [1.82, 2.24) is 24.5 Å². The first-order valence-electron chi connectivity index (χ1n) is 8.52. The van der Waals surface area contributed by atoms with E-state index in [1.807, 2.05) is 13.0 Å². The molecule has 1 atom stereocenters. The van der Waals surface area contributed by atoms with Gasteiger partial charge in [0.2, 0.25) is 0 Å². The lowest BCUT2D eigenvalue weighted by atomic mass is 10.0. The fourth-order valence-corrected chi connectivity index (χ4v) is 3.59. The second kappa shape index (κ2) is 6.41. The maximum Gasteiger partial charge on any atom is 0.254 e. The van der Waals surface area contributed by atoms with Crippen molar-refractivity contribution in [3.63, 3.8) is 0 Å². The summed E-state index contributed by atoms with van der Waals surface area (Å²) >= 11 is 0. The molecule has 0 saturated carbocycles. The molecule has 2 saturated heterocycles. The molecule has 2 aliphatic heterocycles. The molecule has 0 bridgehead atoms. The zero-order chi connectivity index (χ0) is 15.6. The molecule has 124 valence electrons. The summed E-state index contributed by atoms with van der Waals surface area (Å²) in [4.78, 5) is 11.2. The first-order chi connectivity index (χ1) is 11.3. The van der Waals surface area contributed by atoms with Crippen LogP contribution in [0.1, 0.15) is 25.0 Å². The van der Waals surface area contributed by atoms with Crippen LogP contribution in [0, 0.1) is 12.8 Å². The third-order valence-electron chi connectivity index (χ3n) is 4.86. The van der Waals surface area contributed by atoms with Crippen molar-refractivity contribution in [3.05, 3.63) is 18.1 Å². The molecular weight excluding hydrogens is 292 g/mol. The van der Waals surface area contributed by atoms with Gasteiger partial charge in [-0.3, -0.25) is 0 Å². The van der Waals surface area contributed by atoms with Crippen molar-refractivity contribution in [2.75, 3.05) is 38.2 Å². The Morgan fingerprint density at radius 3 is 2.96 bits per heavy atom. The fourth-order valence-electron chi connectivity index (χ4n) is 3.59. The third-order valence-corrected chi connectivity index (χ3v) is 4.86. The van der Waals surface area contributed by atoms with Gasteiger partial charge in [-0.1, -0.05) is 0 Å². The smallest absolute Gasteiger partial charge is 0.254 e. The Bertz CT molecular complexity index is 658. The van der Waals surface area contributed by atoms with E-state index in [9.17, 15) is 0 Å². The molecule has 0 amide bonds. The largest absolute Gasteiger partial charge is 0.381 e. The fraction of sp³-hybridized carbons (Fsp3) is 0.688. The number of hydrogen-bond donors (Lipinski definition) is 1. The number of aryl methyl sites for hydroxylation is 1. The van der Waals surface area contributed by atoms with E-state index >= 15 is 0 Å². The molecule has 0 aliphatic carbocycles. The van der Waals surface area contributed by atoms with Gasteiger partial charge in [0.25, 0.3) is 5.78 Å². The molecule has 1 N–H and O–H groups in total. The van der Waals surface area contributed by atoms with E-state index in [0.29, 0.717) is 11.8 Å². The zero-order valence-corrected chi connectivity index (χ0v) is 13.6. The number of piperidine rings is 1. The molecule has 0 radical (unpaired) electrons. The number of aromatic nitrogens is 4. The quantitative estimate of drug-likeness (QED) is 0.918. The van der Waals surface area contributed by atoms with Crippen LogP contribution in [0.15, 0.2) is 12.4 Å². The van der Waals surface area contributed by atoms with Gasteiger partial charge in [-0.25, -0.2) is 4.98 Å². The average Bonchev–Trinajstić information content (AvgIpc) is 3.20. The maximum atomic E-state index is 5.48. The molecule has 2 aromatic rings. The Kier molecular flexibility index (Phi) is 4.13. The Labute approximate surface area is 136 Å². The average molecular weight is 316 g/mol. The van der Waals surface area contributed by atoms with Crippen molar-refractivity contribution < 1.29 is 4.74 Å². The number of fused-ring (bicyclic) bond motifs is 1. The van der Waals surface area contributed by atoms with Gasteiger partial charge in [0.1, 0.15) is 12.1 Å². The minimum absolute atomic E-state index is 0.486. The molecule has 2 fully saturated rings. The number of likely N-dealkylation sites (tertiary alicyclic amines) is 1. The Morgan fingerprint density at radius 1 is 1.30 bits per heavy atom. The molecule has 7 heteroatoms. The minimum Gasteiger partial charge on any atom is -0.381 e. The molecule has 4 heterocycles. The molecule has 1 unspecified atom stereocenters. The first-order valence-corrected chi connectivity index (χ1v) is 8.52. The number of nitrogens with one attached hydrogen (secondary N) is 1. The van der Waals surface area contributed by atoms with Crippen molar-refractivity contribution in [3.8, 4) is 0 Å². The summed E-state index contributed by atoms with van der Waals surface area (Å²) in [6, 6.07) is 2.53. The van der Waals surface area contributed by atoms with Gasteiger partial charge >= 0.3 is 0 Å². The van der Waals surface area contributed by atoms with Crippen LogP contribution in [-0.2, 0) is 4.74 Å². The van der Waals surface area contributed by atoms with Crippen molar-refractivity contribution in [2.45, 2.75) is 32.2 Å². The summed E-state index contributed by atoms with van der Waals surface area (Å²) in [5, 5.41) is 7.90. The zero-order valence-electron chi connectivity index (χ0n) is 13.6. The highest BCUT2D eigenvalue weighted by atomic mass is 16.5. The van der Waals surface area contributed by atoms with E-state index in [0.717, 1.165) is 56.6 Å². The lowest BCUT2D eigenvalue weighted by molar-refractivity contribution is 0.154. The lowest BCUT2D eigenvalue weighted by Crippen LogP contribution is -2.41. The van der Waals surface area contributed by atoms with Crippen LogP contribution < -0.4 is 5.32 Å². The summed E-state index contributed by atoms with van der Waals surface area (Å²) in [5.41, 5.74) is 0.965. The van der Waals surface area contributed by atoms with E-state index in [1.165, 1.54) is 13.0 Å². The first kappa shape index (κ1) is 14.8. The Hall–Kier alpha value is -1.73. The summed E-state index contributed by atoms with van der Waals surface area (Å²) < 4.78 is 7.27. The standard InChI is InChI=1S/C16H24N6O/c1-12-8-15(22-16(19-12)17-11-18-22)20-14-2-5-21(6-3-14)9-13-4-7-23-10-13/h8,11,13-14,20H,2-7,9-10H2,1H3. The normalized spacial score (nSPS) is 23.6. The second-order valence-corrected chi connectivity index (χ2v) is 6.70. The number of hydrogen-bond acceptors (Lipinski definition) is 6. The monoisotopic (exact) mass is 316 g/mol. The van der Waals surface area contributed by atoms with E-state index in [-0.39, 0.29) is 0 Å². The summed E-state index contributed by atoms with van der Waals surface area (Å²) in [7, 11) is 0. The lowest BCUT2D eigenvalue weighted by Gasteiger charge is -2.34. The van der Waals surface area contributed by atoms with Crippen LogP contribution in [0.4, 0.5) is 5.82 Å². The Morgan fingerprint density at radius 2 is 2.17 bits per heavy atom. The maximum absolute atomic E-state index is 5.48. The van der Waals surface area contributed by atoms with Gasteiger partial charge in [0.05, 0.1) is 6.61 Å². The molecule has 4 rings (SSSR count). The molecule has 7 nitrogen and oxygen atoms in total. The van der Waals surface area contributed by atoms with Crippen LogP contribution in [0.3, 0.4) is 0 Å². The van der Waals surface area contributed by atoms with Gasteiger partial charge in [-0.05, 0) is 32.1 Å². The van der Waals surface area contributed by atoms with Crippen LogP contribution in [0.2, 0.25) is 0 Å². The predicted octanol–water partition coefficient (Wildman–Crippen LogP) is 1.35. The van der Waals surface area contributed by atoms with Crippen LogP contribution in [0.25, 0.3) is 5.78 Å². The molecule has 23 heavy (non-hydrogen) atoms. The van der Waals surface area contributed by atoms with Crippen LogP contribution in [-0.4, -0.2) is 63.4 Å². The highest BCUT2D eigenvalue weighted by Gasteiger charge is 2.24. The predicted molar refractivity (Wildman–Crippen MR) is 87.5 cm³/mol. The highest BCUT2D eigenvalue weighted by Crippen LogP contribution is 2.20. The highest BCUT2D eigenvalue weighted by molar-refractivity contribution is 5.45. The molecule has 2 aromatic heterocycles. The van der Waals surface area contributed by atoms with Gasteiger partial charge in [0, 0.05) is 44.0 Å². The van der Waals surface area contributed by atoms with Crippen LogP contribution >= 0.6 is 0 Å².